The van der Waals surface area contributed by atoms with Crippen molar-refractivity contribution in [1.82, 2.24) is 4.98 Å². The normalized spacial score (nSPS) is 16.9. The van der Waals surface area contributed by atoms with Gasteiger partial charge >= 0.3 is 17.7 Å². The first-order chi connectivity index (χ1) is 14.8. The van der Waals surface area contributed by atoms with Crippen molar-refractivity contribution in [3.8, 4) is 22.1 Å². The number of esters is 1. The van der Waals surface area contributed by atoms with Gasteiger partial charge in [-0.15, -0.1) is 23.1 Å². The number of carboxylic acid groups (broad SMARTS) is 1. The number of carbonyl (C=O) groups is 2. The third-order valence-electron chi connectivity index (χ3n) is 4.51. The highest BCUT2D eigenvalue weighted by Crippen LogP contribution is 2.43. The molecule has 0 spiro atoms. The summed E-state index contributed by atoms with van der Waals surface area (Å²) in [5, 5.41) is 10.4. The van der Waals surface area contributed by atoms with Gasteiger partial charge in [0.1, 0.15) is 5.01 Å². The number of methoxy groups -OCH3 is 1. The lowest BCUT2D eigenvalue weighted by Gasteiger charge is -2.19. The predicted octanol–water partition coefficient (Wildman–Crippen LogP) is 4.90. The van der Waals surface area contributed by atoms with Crippen molar-refractivity contribution in [3.63, 3.8) is 0 Å². The summed E-state index contributed by atoms with van der Waals surface area (Å²) in [6.45, 7) is 1.98. The predicted molar refractivity (Wildman–Crippen MR) is 120 cm³/mol. The molecule has 2 heterocycles. The van der Waals surface area contributed by atoms with E-state index < -0.39 is 17.7 Å². The van der Waals surface area contributed by atoms with Crippen molar-refractivity contribution in [3.05, 3.63) is 57.5 Å². The van der Waals surface area contributed by atoms with Gasteiger partial charge in [-0.3, -0.25) is 0 Å². The standard InChI is InChI=1S/C21H16BrNO6S2/c1-11-17(31-18(23-11)12-3-5-13(22)6-4-12)10-30-14-7-8-15-16(9-14)29-21(28-15,19(24)25)20(26)27-2/h3-9H,10H2,1-2H3,(H,24,25). The van der Waals surface area contributed by atoms with Crippen LogP contribution in [0.4, 0.5) is 0 Å². The van der Waals surface area contributed by atoms with E-state index in [1.54, 1.807) is 41.3 Å². The second kappa shape index (κ2) is 8.52. The van der Waals surface area contributed by atoms with Crippen LogP contribution in [-0.4, -0.2) is 34.9 Å². The zero-order chi connectivity index (χ0) is 22.2. The lowest BCUT2D eigenvalue weighted by atomic mass is 10.2. The number of halogens is 1. The molecule has 0 bridgehead atoms. The summed E-state index contributed by atoms with van der Waals surface area (Å²) in [7, 11) is 1.07. The highest BCUT2D eigenvalue weighted by molar-refractivity contribution is 9.10. The largest absolute Gasteiger partial charge is 0.475 e. The zero-order valence-corrected chi connectivity index (χ0v) is 19.6. The van der Waals surface area contributed by atoms with Gasteiger partial charge in [-0.05, 0) is 37.3 Å². The molecule has 1 atom stereocenters. The minimum atomic E-state index is -2.52. The van der Waals surface area contributed by atoms with Gasteiger partial charge < -0.3 is 19.3 Å². The Morgan fingerprint density at radius 3 is 2.58 bits per heavy atom. The Morgan fingerprint density at radius 1 is 1.19 bits per heavy atom. The summed E-state index contributed by atoms with van der Waals surface area (Å²) in [5.41, 5.74) is 2.02. The minimum absolute atomic E-state index is 0.170. The van der Waals surface area contributed by atoms with E-state index in [1.165, 1.54) is 0 Å². The zero-order valence-electron chi connectivity index (χ0n) is 16.4. The quantitative estimate of drug-likeness (QED) is 0.278. The molecule has 1 aliphatic heterocycles. The van der Waals surface area contributed by atoms with Gasteiger partial charge in [0.15, 0.2) is 11.5 Å². The third-order valence-corrected chi connectivity index (χ3v) is 7.45. The summed E-state index contributed by atoms with van der Waals surface area (Å²) in [4.78, 5) is 30.2. The van der Waals surface area contributed by atoms with E-state index in [1.807, 2.05) is 31.2 Å². The molecule has 1 N–H and O–H groups in total. The maximum atomic E-state index is 12.0. The van der Waals surface area contributed by atoms with Crippen LogP contribution in [0.2, 0.25) is 0 Å². The number of hydrogen-bond acceptors (Lipinski definition) is 8. The summed E-state index contributed by atoms with van der Waals surface area (Å²) in [6.07, 6.45) is 0. The Balaban J connectivity index is 1.49. The fourth-order valence-electron chi connectivity index (χ4n) is 2.89. The number of fused-ring (bicyclic) bond motifs is 1. The smallest absolute Gasteiger partial charge is 0.453 e. The number of aryl methyl sites for hydroxylation is 1. The molecule has 160 valence electrons. The Labute approximate surface area is 194 Å². The van der Waals surface area contributed by atoms with E-state index in [0.29, 0.717) is 5.75 Å². The molecule has 0 fully saturated rings. The van der Waals surface area contributed by atoms with E-state index in [2.05, 4.69) is 25.7 Å². The Morgan fingerprint density at radius 2 is 1.90 bits per heavy atom. The molecular formula is C21H16BrNO6S2. The van der Waals surface area contributed by atoms with Crippen LogP contribution in [0.25, 0.3) is 10.6 Å². The number of aliphatic carboxylic acids is 1. The van der Waals surface area contributed by atoms with Gasteiger partial charge in [-0.25, -0.2) is 14.6 Å². The Kier molecular flexibility index (Phi) is 5.96. The number of benzene rings is 2. The fourth-order valence-corrected chi connectivity index (χ4v) is 5.29. The molecule has 2 aromatic carbocycles. The number of ether oxygens (including phenoxy) is 3. The molecule has 0 radical (unpaired) electrons. The van der Waals surface area contributed by atoms with Gasteiger partial charge in [0, 0.05) is 25.6 Å². The van der Waals surface area contributed by atoms with Crippen LogP contribution in [0.1, 0.15) is 10.6 Å². The van der Waals surface area contributed by atoms with Crippen LogP contribution < -0.4 is 9.47 Å². The number of aromatic nitrogens is 1. The molecule has 7 nitrogen and oxygen atoms in total. The molecule has 0 saturated carbocycles. The van der Waals surface area contributed by atoms with Crippen molar-refractivity contribution in [2.24, 2.45) is 0 Å². The van der Waals surface area contributed by atoms with Crippen molar-refractivity contribution in [2.45, 2.75) is 23.4 Å². The molecule has 0 amide bonds. The van der Waals surface area contributed by atoms with E-state index in [9.17, 15) is 14.7 Å². The first kappa shape index (κ1) is 21.7. The Hall–Kier alpha value is -2.56. The van der Waals surface area contributed by atoms with E-state index in [0.717, 1.165) is 37.6 Å². The number of hydrogen-bond donors (Lipinski definition) is 1. The number of thiazole rings is 1. The number of rotatable bonds is 6. The number of thioether (sulfide) groups is 1. The first-order valence-corrected chi connectivity index (χ1v) is 11.6. The third kappa shape index (κ3) is 4.15. The van der Waals surface area contributed by atoms with E-state index in [-0.39, 0.29) is 11.5 Å². The minimum Gasteiger partial charge on any atom is -0.475 e. The SMILES string of the molecule is COC(=O)C1(C(=O)O)Oc2ccc(SCc3sc(-c4ccc(Br)cc4)nc3C)cc2O1. The highest BCUT2D eigenvalue weighted by Gasteiger charge is 2.58. The second-order valence-electron chi connectivity index (χ2n) is 6.55. The molecular weight excluding hydrogens is 506 g/mol. The van der Waals surface area contributed by atoms with Crippen molar-refractivity contribution in [1.29, 1.82) is 0 Å². The fraction of sp³-hybridized carbons (Fsp3) is 0.190. The van der Waals surface area contributed by atoms with Gasteiger partial charge in [0.2, 0.25) is 0 Å². The molecule has 0 saturated heterocycles. The van der Waals surface area contributed by atoms with Crippen LogP contribution in [0.3, 0.4) is 0 Å². The number of nitrogens with zero attached hydrogens (tertiary/aromatic N) is 1. The maximum Gasteiger partial charge on any atom is 0.453 e. The average Bonchev–Trinajstić information content (AvgIpc) is 3.33. The van der Waals surface area contributed by atoms with Crippen molar-refractivity contribution in [2.75, 3.05) is 7.11 Å². The Bertz CT molecular complexity index is 1160. The number of carbonyl (C=O) groups excluding carboxylic acids is 1. The van der Waals surface area contributed by atoms with Crippen LogP contribution in [0, 0.1) is 6.92 Å². The van der Waals surface area contributed by atoms with Crippen molar-refractivity contribution >= 4 is 51.0 Å². The monoisotopic (exact) mass is 521 g/mol. The summed E-state index contributed by atoms with van der Waals surface area (Å²) in [6, 6.07) is 13.0. The maximum absolute atomic E-state index is 12.0. The van der Waals surface area contributed by atoms with Crippen LogP contribution in [0.5, 0.6) is 11.5 Å². The molecule has 1 unspecified atom stereocenters. The number of carboxylic acids is 1. The molecule has 0 aliphatic carbocycles. The summed E-state index contributed by atoms with van der Waals surface area (Å²) >= 11 is 6.62. The molecule has 10 heteroatoms. The molecule has 1 aromatic heterocycles. The average molecular weight is 522 g/mol. The van der Waals surface area contributed by atoms with Gasteiger partial charge in [0.05, 0.1) is 12.8 Å². The van der Waals surface area contributed by atoms with Gasteiger partial charge in [0.25, 0.3) is 0 Å². The van der Waals surface area contributed by atoms with Gasteiger partial charge in [-0.2, -0.15) is 0 Å². The molecule has 3 aromatic rings. The topological polar surface area (TPSA) is 95.0 Å². The second-order valence-corrected chi connectivity index (χ2v) is 9.60. The summed E-state index contributed by atoms with van der Waals surface area (Å²) in [5.74, 6) is -4.20. The van der Waals surface area contributed by atoms with Crippen LogP contribution in [-0.2, 0) is 20.1 Å². The lowest BCUT2D eigenvalue weighted by Crippen LogP contribution is -2.54. The lowest BCUT2D eigenvalue weighted by molar-refractivity contribution is -0.196. The van der Waals surface area contributed by atoms with Crippen LogP contribution in [0.15, 0.2) is 51.8 Å². The molecule has 4 rings (SSSR count). The first-order valence-electron chi connectivity index (χ1n) is 9.01. The molecule has 31 heavy (non-hydrogen) atoms. The van der Waals surface area contributed by atoms with E-state index >= 15 is 0 Å². The highest BCUT2D eigenvalue weighted by atomic mass is 79.9. The van der Waals surface area contributed by atoms with Crippen LogP contribution >= 0.6 is 39.0 Å². The van der Waals surface area contributed by atoms with Crippen molar-refractivity contribution < 1.29 is 28.9 Å². The van der Waals surface area contributed by atoms with E-state index in [4.69, 9.17) is 9.47 Å². The molecule has 1 aliphatic rings. The summed E-state index contributed by atoms with van der Waals surface area (Å²) < 4.78 is 16.2. The van der Waals surface area contributed by atoms with Gasteiger partial charge in [-0.1, -0.05) is 28.1 Å².